The fourth-order valence-electron chi connectivity index (χ4n) is 2.46. The van der Waals surface area contributed by atoms with Crippen molar-refractivity contribution in [3.63, 3.8) is 0 Å². The number of rotatable bonds is 3. The minimum atomic E-state index is 0.618. The highest BCUT2D eigenvalue weighted by atomic mass is 16.6. The molecule has 0 bridgehead atoms. The number of nitrogens with one attached hydrogen (secondary N) is 1. The zero-order chi connectivity index (χ0) is 14.1. The average Bonchev–Trinajstić information content (AvgIpc) is 2.72. The summed E-state index contributed by atoms with van der Waals surface area (Å²) in [6.07, 6.45) is 0. The van der Waals surface area contributed by atoms with Gasteiger partial charge in [-0.05, 0) is 37.6 Å². The molecule has 0 spiro atoms. The maximum atomic E-state index is 5.59. The third kappa shape index (κ3) is 2.33. The van der Waals surface area contributed by atoms with Gasteiger partial charge in [0, 0.05) is 36.7 Å². The molecule has 0 radical (unpaired) electrons. The van der Waals surface area contributed by atoms with E-state index in [2.05, 4.69) is 36.8 Å². The quantitative estimate of drug-likeness (QED) is 0.933. The van der Waals surface area contributed by atoms with Gasteiger partial charge in [0.15, 0.2) is 11.5 Å². The van der Waals surface area contributed by atoms with Crippen molar-refractivity contribution < 1.29 is 9.47 Å². The Morgan fingerprint density at radius 1 is 1.10 bits per heavy atom. The zero-order valence-corrected chi connectivity index (χ0v) is 12.2. The maximum absolute atomic E-state index is 5.59. The van der Waals surface area contributed by atoms with Gasteiger partial charge < -0.3 is 19.4 Å². The molecule has 0 unspecified atom stereocenters. The van der Waals surface area contributed by atoms with E-state index in [0.29, 0.717) is 13.2 Å². The van der Waals surface area contributed by atoms with Gasteiger partial charge in [-0.25, -0.2) is 0 Å². The summed E-state index contributed by atoms with van der Waals surface area (Å²) in [5, 5.41) is 3.44. The van der Waals surface area contributed by atoms with Crippen LogP contribution in [-0.4, -0.2) is 17.8 Å². The summed E-state index contributed by atoms with van der Waals surface area (Å²) in [5.41, 5.74) is 4.95. The fraction of sp³-hybridized carbons (Fsp3) is 0.375. The van der Waals surface area contributed by atoms with Crippen LogP contribution in [0, 0.1) is 13.8 Å². The van der Waals surface area contributed by atoms with Gasteiger partial charge in [-0.1, -0.05) is 0 Å². The number of anilines is 1. The van der Waals surface area contributed by atoms with Crippen molar-refractivity contribution in [3.05, 3.63) is 41.2 Å². The van der Waals surface area contributed by atoms with Crippen molar-refractivity contribution in [1.29, 1.82) is 0 Å². The van der Waals surface area contributed by atoms with Gasteiger partial charge in [-0.2, -0.15) is 0 Å². The molecule has 3 rings (SSSR count). The first-order valence-electron chi connectivity index (χ1n) is 6.90. The summed E-state index contributed by atoms with van der Waals surface area (Å²) in [6, 6.07) is 8.21. The largest absolute Gasteiger partial charge is 0.486 e. The molecule has 0 aliphatic carbocycles. The lowest BCUT2D eigenvalue weighted by Gasteiger charge is -2.19. The molecule has 2 aromatic rings. The molecule has 20 heavy (non-hydrogen) atoms. The van der Waals surface area contributed by atoms with E-state index in [-0.39, 0.29) is 0 Å². The predicted molar refractivity (Wildman–Crippen MR) is 79.6 cm³/mol. The molecule has 0 fully saturated rings. The standard InChI is InChI=1S/C16H20N2O2/c1-11-8-13(12(2)18(11)3)10-17-14-4-5-15-16(9-14)20-7-6-19-15/h4-5,8-9,17H,6-7,10H2,1-3H3. The van der Waals surface area contributed by atoms with Gasteiger partial charge in [0.05, 0.1) is 0 Å². The Labute approximate surface area is 119 Å². The molecule has 2 heterocycles. The molecule has 1 aliphatic heterocycles. The summed E-state index contributed by atoms with van der Waals surface area (Å²) >= 11 is 0. The monoisotopic (exact) mass is 272 g/mol. The van der Waals surface area contributed by atoms with E-state index >= 15 is 0 Å². The number of fused-ring (bicyclic) bond motifs is 1. The Morgan fingerprint density at radius 2 is 1.85 bits per heavy atom. The summed E-state index contributed by atoms with van der Waals surface area (Å²) in [5.74, 6) is 1.65. The second-order valence-electron chi connectivity index (χ2n) is 5.17. The summed E-state index contributed by atoms with van der Waals surface area (Å²) < 4.78 is 13.3. The molecule has 0 saturated carbocycles. The molecule has 1 N–H and O–H groups in total. The number of nitrogens with zero attached hydrogens (tertiary/aromatic N) is 1. The number of hydrogen-bond acceptors (Lipinski definition) is 3. The van der Waals surface area contributed by atoms with Gasteiger partial charge in [0.2, 0.25) is 0 Å². The lowest BCUT2D eigenvalue weighted by molar-refractivity contribution is 0.171. The highest BCUT2D eigenvalue weighted by Gasteiger charge is 2.12. The highest BCUT2D eigenvalue weighted by molar-refractivity contribution is 5.55. The summed E-state index contributed by atoms with van der Waals surface area (Å²) in [7, 11) is 2.10. The van der Waals surface area contributed by atoms with Crippen molar-refractivity contribution in [2.24, 2.45) is 7.05 Å². The predicted octanol–water partition coefficient (Wildman–Crippen LogP) is 3.03. The molecule has 1 aromatic carbocycles. The highest BCUT2D eigenvalue weighted by Crippen LogP contribution is 2.32. The number of hydrogen-bond donors (Lipinski definition) is 1. The van der Waals surface area contributed by atoms with Crippen LogP contribution in [0.15, 0.2) is 24.3 Å². The minimum absolute atomic E-state index is 0.618. The van der Waals surface area contributed by atoms with E-state index in [1.807, 2.05) is 18.2 Å². The summed E-state index contributed by atoms with van der Waals surface area (Å²) in [6.45, 7) is 6.33. The normalized spacial score (nSPS) is 13.3. The minimum Gasteiger partial charge on any atom is -0.486 e. The van der Waals surface area contributed by atoms with Crippen molar-refractivity contribution in [2.75, 3.05) is 18.5 Å². The van der Waals surface area contributed by atoms with Crippen molar-refractivity contribution >= 4 is 5.69 Å². The number of aromatic nitrogens is 1. The topological polar surface area (TPSA) is 35.4 Å². The molecular formula is C16H20N2O2. The van der Waals surface area contributed by atoms with E-state index < -0.39 is 0 Å². The van der Waals surface area contributed by atoms with Crippen molar-refractivity contribution in [1.82, 2.24) is 4.57 Å². The fourth-order valence-corrected chi connectivity index (χ4v) is 2.46. The molecule has 1 aromatic heterocycles. The second kappa shape index (κ2) is 5.12. The Hall–Kier alpha value is -2.10. The van der Waals surface area contributed by atoms with E-state index in [1.165, 1.54) is 17.0 Å². The van der Waals surface area contributed by atoms with E-state index in [4.69, 9.17) is 9.47 Å². The van der Waals surface area contributed by atoms with Crippen LogP contribution in [0.5, 0.6) is 11.5 Å². The van der Waals surface area contributed by atoms with Crippen LogP contribution < -0.4 is 14.8 Å². The molecule has 0 saturated heterocycles. The Kier molecular flexibility index (Phi) is 3.30. The number of benzene rings is 1. The molecule has 0 atom stereocenters. The van der Waals surface area contributed by atoms with E-state index in [1.54, 1.807) is 0 Å². The van der Waals surface area contributed by atoms with E-state index in [9.17, 15) is 0 Å². The van der Waals surface area contributed by atoms with Crippen LogP contribution in [0.4, 0.5) is 5.69 Å². The van der Waals surface area contributed by atoms with Crippen LogP contribution in [0.3, 0.4) is 0 Å². The molecule has 1 aliphatic rings. The van der Waals surface area contributed by atoms with Crippen molar-refractivity contribution in [3.8, 4) is 11.5 Å². The van der Waals surface area contributed by atoms with Gasteiger partial charge in [0.1, 0.15) is 13.2 Å². The average molecular weight is 272 g/mol. The molecule has 106 valence electrons. The smallest absolute Gasteiger partial charge is 0.163 e. The number of aryl methyl sites for hydroxylation is 1. The van der Waals surface area contributed by atoms with Gasteiger partial charge in [0.25, 0.3) is 0 Å². The van der Waals surface area contributed by atoms with E-state index in [0.717, 1.165) is 23.7 Å². The third-order valence-corrected chi connectivity index (χ3v) is 3.91. The third-order valence-electron chi connectivity index (χ3n) is 3.91. The SMILES string of the molecule is Cc1cc(CNc2ccc3c(c2)OCCO3)c(C)n1C. The van der Waals surface area contributed by atoms with Crippen molar-refractivity contribution in [2.45, 2.75) is 20.4 Å². The lowest BCUT2D eigenvalue weighted by atomic mass is 10.2. The summed E-state index contributed by atoms with van der Waals surface area (Å²) in [4.78, 5) is 0. The maximum Gasteiger partial charge on any atom is 0.163 e. The first-order chi connectivity index (χ1) is 9.65. The molecule has 4 heteroatoms. The zero-order valence-electron chi connectivity index (χ0n) is 12.2. The van der Waals surface area contributed by atoms with Crippen LogP contribution >= 0.6 is 0 Å². The second-order valence-corrected chi connectivity index (χ2v) is 5.17. The first kappa shape index (κ1) is 12.9. The first-order valence-corrected chi connectivity index (χ1v) is 6.90. The Bertz CT molecular complexity index is 632. The van der Waals surface area contributed by atoms with Gasteiger partial charge >= 0.3 is 0 Å². The van der Waals surface area contributed by atoms with Crippen LogP contribution in [0.1, 0.15) is 17.0 Å². The van der Waals surface area contributed by atoms with Crippen LogP contribution in [0.25, 0.3) is 0 Å². The van der Waals surface area contributed by atoms with Crippen LogP contribution in [-0.2, 0) is 13.6 Å². The molecule has 0 amide bonds. The van der Waals surface area contributed by atoms with Gasteiger partial charge in [-0.3, -0.25) is 0 Å². The molecular weight excluding hydrogens is 252 g/mol. The molecule has 4 nitrogen and oxygen atoms in total. The van der Waals surface area contributed by atoms with Gasteiger partial charge in [-0.15, -0.1) is 0 Å². The lowest BCUT2D eigenvalue weighted by Crippen LogP contribution is -2.15. The Morgan fingerprint density at radius 3 is 2.55 bits per heavy atom. The number of ether oxygens (including phenoxy) is 2. The van der Waals surface area contributed by atoms with Crippen LogP contribution in [0.2, 0.25) is 0 Å². The Balaban J connectivity index is 1.73.